The summed E-state index contributed by atoms with van der Waals surface area (Å²) in [5.41, 5.74) is 1.14. The van der Waals surface area contributed by atoms with Gasteiger partial charge in [-0.05, 0) is 44.7 Å². The van der Waals surface area contributed by atoms with Crippen LogP contribution in [-0.4, -0.2) is 50.6 Å². The van der Waals surface area contributed by atoms with E-state index < -0.39 is 16.1 Å². The molecule has 1 unspecified atom stereocenters. The van der Waals surface area contributed by atoms with E-state index in [1.165, 1.54) is 10.6 Å². The molecule has 6 nitrogen and oxygen atoms in total. The van der Waals surface area contributed by atoms with E-state index in [1.54, 1.807) is 6.92 Å². The molecule has 1 aromatic rings. The molecular formula is C17H26N2O4S. The fourth-order valence-corrected chi connectivity index (χ4v) is 3.58. The summed E-state index contributed by atoms with van der Waals surface area (Å²) in [7, 11) is -3.11. The molecule has 24 heavy (non-hydrogen) atoms. The number of hydrogen-bond acceptors (Lipinski definition) is 4. The highest BCUT2D eigenvalue weighted by molar-refractivity contribution is 7.88. The van der Waals surface area contributed by atoms with E-state index in [0.29, 0.717) is 31.3 Å². The van der Waals surface area contributed by atoms with Gasteiger partial charge in [-0.1, -0.05) is 17.7 Å². The number of piperidine rings is 1. The van der Waals surface area contributed by atoms with E-state index in [1.807, 2.05) is 31.2 Å². The van der Waals surface area contributed by atoms with E-state index in [9.17, 15) is 13.2 Å². The van der Waals surface area contributed by atoms with Gasteiger partial charge in [0.05, 0.1) is 6.26 Å². The average Bonchev–Trinajstić information content (AvgIpc) is 2.54. The molecule has 0 spiro atoms. The first-order chi connectivity index (χ1) is 11.3. The molecule has 1 heterocycles. The predicted molar refractivity (Wildman–Crippen MR) is 93.4 cm³/mol. The molecule has 1 amide bonds. The highest BCUT2D eigenvalue weighted by Crippen LogP contribution is 2.18. The summed E-state index contributed by atoms with van der Waals surface area (Å²) >= 11 is 0. The summed E-state index contributed by atoms with van der Waals surface area (Å²) in [4.78, 5) is 12.1. The molecule has 1 N–H and O–H groups in total. The van der Waals surface area contributed by atoms with E-state index in [-0.39, 0.29) is 5.91 Å². The van der Waals surface area contributed by atoms with Crippen LogP contribution in [0.2, 0.25) is 0 Å². The highest BCUT2D eigenvalue weighted by atomic mass is 32.2. The summed E-state index contributed by atoms with van der Waals surface area (Å²) in [6.45, 7) is 5.32. The lowest BCUT2D eigenvalue weighted by molar-refractivity contribution is -0.127. The molecular weight excluding hydrogens is 328 g/mol. The summed E-state index contributed by atoms with van der Waals surface area (Å²) in [5.74, 6) is 0.823. The number of nitrogens with one attached hydrogen (secondary N) is 1. The lowest BCUT2D eigenvalue weighted by atomic mass is 9.98. The summed E-state index contributed by atoms with van der Waals surface area (Å²) in [6.07, 6.45) is 2.20. The highest BCUT2D eigenvalue weighted by Gasteiger charge is 2.25. The van der Waals surface area contributed by atoms with Gasteiger partial charge in [0.25, 0.3) is 5.91 Å². The third kappa shape index (κ3) is 5.49. The van der Waals surface area contributed by atoms with E-state index >= 15 is 0 Å². The van der Waals surface area contributed by atoms with Crippen LogP contribution < -0.4 is 10.1 Å². The van der Waals surface area contributed by atoms with Crippen LogP contribution >= 0.6 is 0 Å². The van der Waals surface area contributed by atoms with E-state index in [4.69, 9.17) is 4.74 Å². The Morgan fingerprint density at radius 3 is 2.42 bits per heavy atom. The van der Waals surface area contributed by atoms with Crippen molar-refractivity contribution >= 4 is 15.9 Å². The number of benzene rings is 1. The van der Waals surface area contributed by atoms with Gasteiger partial charge >= 0.3 is 0 Å². The number of ether oxygens (including phenoxy) is 1. The van der Waals surface area contributed by atoms with Crippen molar-refractivity contribution in [2.75, 3.05) is 25.9 Å². The van der Waals surface area contributed by atoms with Crippen LogP contribution in [0.15, 0.2) is 24.3 Å². The first-order valence-electron chi connectivity index (χ1n) is 8.22. The van der Waals surface area contributed by atoms with Gasteiger partial charge in [-0.2, -0.15) is 0 Å². The molecule has 1 atom stereocenters. The summed E-state index contributed by atoms with van der Waals surface area (Å²) in [6, 6.07) is 7.57. The van der Waals surface area contributed by atoms with Crippen LogP contribution in [0.3, 0.4) is 0 Å². The van der Waals surface area contributed by atoms with Gasteiger partial charge in [0.1, 0.15) is 5.75 Å². The third-order valence-electron chi connectivity index (χ3n) is 4.31. The molecule has 1 fully saturated rings. The zero-order valence-electron chi connectivity index (χ0n) is 14.5. The quantitative estimate of drug-likeness (QED) is 0.841. The van der Waals surface area contributed by atoms with Gasteiger partial charge in [0.2, 0.25) is 10.0 Å². The van der Waals surface area contributed by atoms with Crippen LogP contribution in [0.1, 0.15) is 25.3 Å². The number of sulfonamides is 1. The van der Waals surface area contributed by atoms with Gasteiger partial charge in [-0.25, -0.2) is 12.7 Å². The van der Waals surface area contributed by atoms with Crippen molar-refractivity contribution in [2.24, 2.45) is 5.92 Å². The number of amides is 1. The number of carbonyl (C=O) groups excluding carboxylic acids is 1. The summed E-state index contributed by atoms with van der Waals surface area (Å²) in [5, 5.41) is 2.91. The van der Waals surface area contributed by atoms with Crippen molar-refractivity contribution in [2.45, 2.75) is 32.8 Å². The Bertz CT molecular complexity index is 650. The largest absolute Gasteiger partial charge is 0.481 e. The molecule has 0 aliphatic carbocycles. The molecule has 1 aliphatic heterocycles. The molecule has 0 aromatic heterocycles. The number of nitrogens with zero attached hydrogens (tertiary/aromatic N) is 1. The normalized spacial score (nSPS) is 18.1. The van der Waals surface area contributed by atoms with Gasteiger partial charge < -0.3 is 10.1 Å². The molecule has 134 valence electrons. The Labute approximate surface area is 144 Å². The Hall–Kier alpha value is -1.60. The van der Waals surface area contributed by atoms with Crippen molar-refractivity contribution in [3.63, 3.8) is 0 Å². The smallest absolute Gasteiger partial charge is 0.260 e. The second-order valence-electron chi connectivity index (χ2n) is 6.42. The number of carbonyl (C=O) groups is 1. The van der Waals surface area contributed by atoms with Crippen LogP contribution in [0.5, 0.6) is 5.75 Å². The molecule has 1 aromatic carbocycles. The zero-order chi connectivity index (χ0) is 17.7. The maximum Gasteiger partial charge on any atom is 0.260 e. The second kappa shape index (κ2) is 7.98. The lowest BCUT2D eigenvalue weighted by Gasteiger charge is -2.30. The monoisotopic (exact) mass is 354 g/mol. The van der Waals surface area contributed by atoms with Gasteiger partial charge in [-0.3, -0.25) is 4.79 Å². The van der Waals surface area contributed by atoms with Crippen molar-refractivity contribution in [1.82, 2.24) is 9.62 Å². The minimum Gasteiger partial charge on any atom is -0.481 e. The zero-order valence-corrected chi connectivity index (χ0v) is 15.3. The Balaban J connectivity index is 1.74. The second-order valence-corrected chi connectivity index (χ2v) is 8.41. The van der Waals surface area contributed by atoms with Crippen LogP contribution in [0.4, 0.5) is 0 Å². The van der Waals surface area contributed by atoms with Gasteiger partial charge in [0, 0.05) is 19.6 Å². The maximum absolute atomic E-state index is 12.1. The fraction of sp³-hybridized carbons (Fsp3) is 0.588. The minimum atomic E-state index is -3.11. The van der Waals surface area contributed by atoms with Crippen molar-refractivity contribution in [3.05, 3.63) is 29.8 Å². The lowest BCUT2D eigenvalue weighted by Crippen LogP contribution is -2.43. The van der Waals surface area contributed by atoms with E-state index in [0.717, 1.165) is 18.4 Å². The summed E-state index contributed by atoms with van der Waals surface area (Å²) < 4.78 is 30.1. The van der Waals surface area contributed by atoms with Gasteiger partial charge in [-0.15, -0.1) is 0 Å². The maximum atomic E-state index is 12.1. The molecule has 0 bridgehead atoms. The van der Waals surface area contributed by atoms with Crippen molar-refractivity contribution in [3.8, 4) is 5.75 Å². The van der Waals surface area contributed by atoms with Crippen LogP contribution in [0, 0.1) is 12.8 Å². The Morgan fingerprint density at radius 2 is 1.88 bits per heavy atom. The van der Waals surface area contributed by atoms with E-state index in [2.05, 4.69) is 5.32 Å². The average molecular weight is 354 g/mol. The number of hydrogen-bond donors (Lipinski definition) is 1. The van der Waals surface area contributed by atoms with Crippen LogP contribution in [0.25, 0.3) is 0 Å². The minimum absolute atomic E-state index is 0.152. The standard InChI is InChI=1S/C17H26N2O4S/c1-13-4-6-16(7-5-13)23-14(2)17(20)18-12-15-8-10-19(11-9-15)24(3,21)22/h4-7,14-15H,8-12H2,1-3H3,(H,18,20). The molecule has 0 saturated carbocycles. The molecule has 7 heteroatoms. The number of rotatable bonds is 6. The first-order valence-corrected chi connectivity index (χ1v) is 10.1. The van der Waals surface area contributed by atoms with Crippen molar-refractivity contribution < 1.29 is 17.9 Å². The first kappa shape index (κ1) is 18.7. The SMILES string of the molecule is Cc1ccc(OC(C)C(=O)NCC2CCN(S(C)(=O)=O)CC2)cc1. The van der Waals surface area contributed by atoms with Crippen LogP contribution in [-0.2, 0) is 14.8 Å². The molecule has 1 saturated heterocycles. The topological polar surface area (TPSA) is 75.7 Å². The predicted octanol–water partition coefficient (Wildman–Crippen LogP) is 1.55. The number of aryl methyl sites for hydroxylation is 1. The molecule has 0 radical (unpaired) electrons. The van der Waals surface area contributed by atoms with Gasteiger partial charge in [0.15, 0.2) is 6.10 Å². The molecule has 2 rings (SSSR count). The fourth-order valence-electron chi connectivity index (χ4n) is 2.71. The van der Waals surface area contributed by atoms with Crippen molar-refractivity contribution in [1.29, 1.82) is 0 Å². The Morgan fingerprint density at radius 1 is 1.29 bits per heavy atom. The third-order valence-corrected chi connectivity index (χ3v) is 5.61. The Kier molecular flexibility index (Phi) is 6.23. The molecule has 1 aliphatic rings.